The minimum atomic E-state index is -0.0319. The van der Waals surface area contributed by atoms with Crippen LogP contribution < -0.4 is 10.3 Å². The van der Waals surface area contributed by atoms with E-state index in [0.29, 0.717) is 16.3 Å². The van der Waals surface area contributed by atoms with Gasteiger partial charge in [-0.25, -0.2) is 4.98 Å². The fraction of sp³-hybridized carbons (Fsp3) is 0.100. The first-order chi connectivity index (χ1) is 12.8. The van der Waals surface area contributed by atoms with Crippen LogP contribution in [0.4, 0.5) is 0 Å². The standard InChI is InChI=1S/C20H16N2O2S2/c1-24-16-9-5-6-14(12-16)13-26-20-21-18-17(10-11-25-18)19(23)22(20)15-7-3-2-4-8-15/h2-12H,13H2,1H3. The molecule has 0 radical (unpaired) electrons. The lowest BCUT2D eigenvalue weighted by Gasteiger charge is -2.12. The molecule has 2 aromatic heterocycles. The van der Waals surface area contributed by atoms with Crippen molar-refractivity contribution in [3.05, 3.63) is 82.0 Å². The molecule has 0 atom stereocenters. The molecule has 130 valence electrons. The number of benzene rings is 2. The average molecular weight is 380 g/mol. The Morgan fingerprint density at radius 2 is 1.96 bits per heavy atom. The van der Waals surface area contributed by atoms with Crippen molar-refractivity contribution in [1.82, 2.24) is 9.55 Å². The molecule has 0 N–H and O–H groups in total. The zero-order valence-electron chi connectivity index (χ0n) is 14.1. The maximum Gasteiger partial charge on any atom is 0.267 e. The van der Waals surface area contributed by atoms with Gasteiger partial charge in [0.25, 0.3) is 5.56 Å². The highest BCUT2D eigenvalue weighted by molar-refractivity contribution is 7.98. The van der Waals surface area contributed by atoms with Crippen LogP contribution in [0.5, 0.6) is 5.75 Å². The molecule has 0 aliphatic rings. The Hall–Kier alpha value is -2.57. The molecule has 4 aromatic rings. The molecule has 4 rings (SSSR count). The number of hydrogen-bond acceptors (Lipinski definition) is 5. The number of thioether (sulfide) groups is 1. The molecule has 2 aromatic carbocycles. The summed E-state index contributed by atoms with van der Waals surface area (Å²) in [5.41, 5.74) is 1.91. The van der Waals surface area contributed by atoms with E-state index in [-0.39, 0.29) is 5.56 Å². The van der Waals surface area contributed by atoms with Crippen LogP contribution in [-0.2, 0) is 5.75 Å². The Labute approximate surface area is 159 Å². The van der Waals surface area contributed by atoms with Crippen molar-refractivity contribution in [3.63, 3.8) is 0 Å². The van der Waals surface area contributed by atoms with Gasteiger partial charge in [0.15, 0.2) is 5.16 Å². The minimum Gasteiger partial charge on any atom is -0.497 e. The van der Waals surface area contributed by atoms with E-state index < -0.39 is 0 Å². The van der Waals surface area contributed by atoms with Gasteiger partial charge in [-0.05, 0) is 41.3 Å². The summed E-state index contributed by atoms with van der Waals surface area (Å²) >= 11 is 3.04. The summed E-state index contributed by atoms with van der Waals surface area (Å²) < 4.78 is 6.98. The van der Waals surface area contributed by atoms with Gasteiger partial charge in [0, 0.05) is 5.75 Å². The van der Waals surface area contributed by atoms with E-state index in [1.165, 1.54) is 11.3 Å². The van der Waals surface area contributed by atoms with Crippen LogP contribution in [-0.4, -0.2) is 16.7 Å². The topological polar surface area (TPSA) is 44.1 Å². The van der Waals surface area contributed by atoms with Crippen LogP contribution >= 0.6 is 23.1 Å². The summed E-state index contributed by atoms with van der Waals surface area (Å²) in [7, 11) is 1.66. The molecule has 0 spiro atoms. The van der Waals surface area contributed by atoms with Crippen LogP contribution in [0, 0.1) is 0 Å². The fourth-order valence-electron chi connectivity index (χ4n) is 2.71. The lowest BCUT2D eigenvalue weighted by molar-refractivity contribution is 0.414. The highest BCUT2D eigenvalue weighted by atomic mass is 32.2. The number of thiophene rings is 1. The molecule has 2 heterocycles. The molecule has 0 saturated heterocycles. The van der Waals surface area contributed by atoms with Gasteiger partial charge in [-0.2, -0.15) is 0 Å². The third-order valence-corrected chi connectivity index (χ3v) is 5.80. The molecule has 6 heteroatoms. The summed E-state index contributed by atoms with van der Waals surface area (Å²) in [5, 5.41) is 3.26. The maximum atomic E-state index is 13.0. The average Bonchev–Trinajstić information content (AvgIpc) is 3.16. The zero-order chi connectivity index (χ0) is 17.9. The number of methoxy groups -OCH3 is 1. The van der Waals surface area contributed by atoms with Crippen molar-refractivity contribution < 1.29 is 4.74 Å². The van der Waals surface area contributed by atoms with E-state index in [0.717, 1.165) is 21.8 Å². The van der Waals surface area contributed by atoms with E-state index in [1.807, 2.05) is 66.0 Å². The summed E-state index contributed by atoms with van der Waals surface area (Å²) in [6.07, 6.45) is 0. The number of hydrogen-bond donors (Lipinski definition) is 0. The van der Waals surface area contributed by atoms with Gasteiger partial charge in [-0.1, -0.05) is 42.1 Å². The molecule has 26 heavy (non-hydrogen) atoms. The predicted octanol–water partition coefficient (Wildman–Crippen LogP) is 4.75. The SMILES string of the molecule is COc1cccc(CSc2nc3sccc3c(=O)n2-c2ccccc2)c1. The Morgan fingerprint density at radius 3 is 2.77 bits per heavy atom. The highest BCUT2D eigenvalue weighted by Gasteiger charge is 2.14. The maximum absolute atomic E-state index is 13.0. The number of rotatable bonds is 5. The van der Waals surface area contributed by atoms with E-state index in [4.69, 9.17) is 9.72 Å². The van der Waals surface area contributed by atoms with Gasteiger partial charge in [-0.15, -0.1) is 11.3 Å². The molecule has 4 nitrogen and oxygen atoms in total. The second kappa shape index (κ2) is 7.35. The van der Waals surface area contributed by atoms with Gasteiger partial charge in [0.05, 0.1) is 18.2 Å². The molecular formula is C20H16N2O2S2. The van der Waals surface area contributed by atoms with Crippen LogP contribution in [0.2, 0.25) is 0 Å². The molecule has 0 bridgehead atoms. The van der Waals surface area contributed by atoms with Gasteiger partial charge in [0.2, 0.25) is 0 Å². The normalized spacial score (nSPS) is 11.0. The van der Waals surface area contributed by atoms with Crippen molar-refractivity contribution in [3.8, 4) is 11.4 Å². The molecule has 0 aliphatic heterocycles. The summed E-state index contributed by atoms with van der Waals surface area (Å²) in [6, 6.07) is 19.4. The Balaban J connectivity index is 1.77. The van der Waals surface area contributed by atoms with Crippen LogP contribution in [0.1, 0.15) is 5.56 Å². The lowest BCUT2D eigenvalue weighted by Crippen LogP contribution is -2.21. The van der Waals surface area contributed by atoms with E-state index in [2.05, 4.69) is 0 Å². The number of fused-ring (bicyclic) bond motifs is 1. The number of para-hydroxylation sites is 1. The Kier molecular flexibility index (Phi) is 4.77. The summed E-state index contributed by atoms with van der Waals surface area (Å²) in [4.78, 5) is 18.5. The largest absolute Gasteiger partial charge is 0.497 e. The molecular weight excluding hydrogens is 364 g/mol. The molecule has 0 aliphatic carbocycles. The fourth-order valence-corrected chi connectivity index (χ4v) is 4.47. The third kappa shape index (κ3) is 3.25. The van der Waals surface area contributed by atoms with Crippen molar-refractivity contribution >= 4 is 33.3 Å². The van der Waals surface area contributed by atoms with E-state index in [9.17, 15) is 4.79 Å². The van der Waals surface area contributed by atoms with Crippen molar-refractivity contribution in [1.29, 1.82) is 0 Å². The second-order valence-corrected chi connectivity index (χ2v) is 7.49. The molecule has 0 saturated carbocycles. The minimum absolute atomic E-state index is 0.0319. The van der Waals surface area contributed by atoms with Crippen molar-refractivity contribution in [2.24, 2.45) is 0 Å². The molecule has 0 amide bonds. The quantitative estimate of drug-likeness (QED) is 0.370. The number of nitrogens with zero attached hydrogens (tertiary/aromatic N) is 2. The van der Waals surface area contributed by atoms with Crippen LogP contribution in [0.15, 0.2) is 76.0 Å². The lowest BCUT2D eigenvalue weighted by atomic mass is 10.2. The third-order valence-electron chi connectivity index (χ3n) is 3.98. The summed E-state index contributed by atoms with van der Waals surface area (Å²) in [5.74, 6) is 1.53. The van der Waals surface area contributed by atoms with Crippen molar-refractivity contribution in [2.45, 2.75) is 10.9 Å². The highest BCUT2D eigenvalue weighted by Crippen LogP contribution is 2.27. The van der Waals surface area contributed by atoms with E-state index >= 15 is 0 Å². The second-order valence-electron chi connectivity index (χ2n) is 5.65. The van der Waals surface area contributed by atoms with Gasteiger partial charge in [-0.3, -0.25) is 9.36 Å². The monoisotopic (exact) mass is 380 g/mol. The first kappa shape index (κ1) is 16.9. The van der Waals surface area contributed by atoms with Crippen LogP contribution in [0.25, 0.3) is 15.9 Å². The van der Waals surface area contributed by atoms with Crippen LogP contribution in [0.3, 0.4) is 0 Å². The van der Waals surface area contributed by atoms with Gasteiger partial charge in [0.1, 0.15) is 10.6 Å². The predicted molar refractivity (Wildman–Crippen MR) is 108 cm³/mol. The smallest absolute Gasteiger partial charge is 0.267 e. The molecule has 0 fully saturated rings. The first-order valence-electron chi connectivity index (χ1n) is 8.07. The Morgan fingerprint density at radius 1 is 1.12 bits per heavy atom. The Bertz CT molecular complexity index is 1100. The van der Waals surface area contributed by atoms with E-state index in [1.54, 1.807) is 23.4 Å². The number of ether oxygens (including phenoxy) is 1. The first-order valence-corrected chi connectivity index (χ1v) is 9.94. The van der Waals surface area contributed by atoms with Gasteiger partial charge < -0.3 is 4.74 Å². The molecule has 0 unspecified atom stereocenters. The van der Waals surface area contributed by atoms with Crippen molar-refractivity contribution in [2.75, 3.05) is 7.11 Å². The zero-order valence-corrected chi connectivity index (χ0v) is 15.7. The summed E-state index contributed by atoms with van der Waals surface area (Å²) in [6.45, 7) is 0. The number of aromatic nitrogens is 2. The van der Waals surface area contributed by atoms with Gasteiger partial charge >= 0.3 is 0 Å².